The van der Waals surface area contributed by atoms with E-state index in [9.17, 15) is 4.79 Å². The number of amides is 1. The maximum atomic E-state index is 12.4. The van der Waals surface area contributed by atoms with Crippen molar-refractivity contribution >= 4 is 5.91 Å². The highest BCUT2D eigenvalue weighted by atomic mass is 16.5. The number of aromatic nitrogens is 3. The summed E-state index contributed by atoms with van der Waals surface area (Å²) < 4.78 is 6.04. The van der Waals surface area contributed by atoms with Crippen LogP contribution in [0.2, 0.25) is 0 Å². The second kappa shape index (κ2) is 8.03. The average Bonchev–Trinajstić information content (AvgIpc) is 3.54. The van der Waals surface area contributed by atoms with Gasteiger partial charge in [0.2, 0.25) is 5.88 Å². The highest BCUT2D eigenvalue weighted by Crippen LogP contribution is 2.37. The van der Waals surface area contributed by atoms with Gasteiger partial charge in [0.05, 0.1) is 0 Å². The lowest BCUT2D eigenvalue weighted by Gasteiger charge is -2.26. The summed E-state index contributed by atoms with van der Waals surface area (Å²) in [5.41, 5.74) is 1.39. The van der Waals surface area contributed by atoms with Crippen LogP contribution >= 0.6 is 0 Å². The van der Waals surface area contributed by atoms with Crippen molar-refractivity contribution in [2.24, 2.45) is 5.92 Å². The largest absolute Gasteiger partial charge is 0.474 e. The molecular weight excluding hydrogens is 340 g/mol. The maximum Gasteiger partial charge on any atom is 0.270 e. The van der Waals surface area contributed by atoms with E-state index < -0.39 is 0 Å². The Kier molecular flexibility index (Phi) is 5.32. The number of pyridine rings is 1. The fraction of sp³-hybridized carbons (Fsp3) is 0.524. The highest BCUT2D eigenvalue weighted by Gasteiger charge is 2.27. The van der Waals surface area contributed by atoms with E-state index in [2.05, 4.69) is 27.2 Å². The minimum absolute atomic E-state index is 0.181. The van der Waals surface area contributed by atoms with Crippen LogP contribution in [0.3, 0.4) is 0 Å². The van der Waals surface area contributed by atoms with Crippen LogP contribution in [-0.4, -0.2) is 27.0 Å². The minimum atomic E-state index is -0.181. The quantitative estimate of drug-likeness (QED) is 0.845. The minimum Gasteiger partial charge on any atom is -0.474 e. The smallest absolute Gasteiger partial charge is 0.270 e. The summed E-state index contributed by atoms with van der Waals surface area (Å²) in [6.45, 7) is 2.71. The Hall–Kier alpha value is -2.50. The number of nitrogens with zero attached hydrogens (tertiary/aromatic N) is 3. The summed E-state index contributed by atoms with van der Waals surface area (Å²) in [5.74, 6) is 2.46. The SMILES string of the molecule is CC1CCC(Oc2cc(CNC(=O)c3ccnc(C4CC4)n3)ccn2)CC1. The molecule has 1 amide bonds. The van der Waals surface area contributed by atoms with Crippen LogP contribution in [0.1, 0.15) is 73.2 Å². The van der Waals surface area contributed by atoms with Gasteiger partial charge in [0, 0.05) is 30.9 Å². The van der Waals surface area contributed by atoms with Gasteiger partial charge in [-0.15, -0.1) is 0 Å². The summed E-state index contributed by atoms with van der Waals surface area (Å²) >= 11 is 0. The molecule has 0 unspecified atom stereocenters. The zero-order valence-corrected chi connectivity index (χ0v) is 15.7. The Bertz CT molecular complexity index is 798. The number of hydrogen-bond acceptors (Lipinski definition) is 5. The van der Waals surface area contributed by atoms with E-state index in [0.29, 0.717) is 24.0 Å². The number of ether oxygens (including phenoxy) is 1. The van der Waals surface area contributed by atoms with Crippen LogP contribution in [0.15, 0.2) is 30.6 Å². The second-order valence-electron chi connectivity index (χ2n) is 7.76. The third kappa shape index (κ3) is 4.81. The Balaban J connectivity index is 1.33. The molecule has 2 fully saturated rings. The number of carbonyl (C=O) groups excluding carboxylic acids is 1. The molecule has 0 spiro atoms. The van der Waals surface area contributed by atoms with Crippen LogP contribution in [-0.2, 0) is 6.54 Å². The lowest BCUT2D eigenvalue weighted by Crippen LogP contribution is -2.25. The van der Waals surface area contributed by atoms with Gasteiger partial charge in [-0.05, 0) is 62.1 Å². The molecule has 0 bridgehead atoms. The molecule has 4 rings (SSSR count). The zero-order chi connectivity index (χ0) is 18.6. The van der Waals surface area contributed by atoms with Gasteiger partial charge in [-0.2, -0.15) is 0 Å². The molecule has 6 nitrogen and oxygen atoms in total. The molecule has 0 radical (unpaired) electrons. The zero-order valence-electron chi connectivity index (χ0n) is 15.7. The van der Waals surface area contributed by atoms with Gasteiger partial charge in [0.25, 0.3) is 5.91 Å². The van der Waals surface area contributed by atoms with Crippen molar-refractivity contribution in [3.63, 3.8) is 0 Å². The van der Waals surface area contributed by atoms with Crippen LogP contribution < -0.4 is 10.1 Å². The van der Waals surface area contributed by atoms with Crippen molar-refractivity contribution in [1.29, 1.82) is 0 Å². The molecular formula is C21H26N4O2. The molecule has 27 heavy (non-hydrogen) atoms. The molecule has 0 aromatic carbocycles. The van der Waals surface area contributed by atoms with Gasteiger partial charge < -0.3 is 10.1 Å². The molecule has 2 aromatic rings. The molecule has 2 heterocycles. The topological polar surface area (TPSA) is 77.0 Å². The molecule has 0 saturated heterocycles. The summed E-state index contributed by atoms with van der Waals surface area (Å²) in [5, 5.41) is 2.93. The first kappa shape index (κ1) is 17.9. The first-order valence-electron chi connectivity index (χ1n) is 9.90. The van der Waals surface area contributed by atoms with Gasteiger partial charge >= 0.3 is 0 Å². The molecule has 2 aliphatic rings. The van der Waals surface area contributed by atoms with Crippen molar-refractivity contribution in [2.45, 2.75) is 64.0 Å². The van der Waals surface area contributed by atoms with Crippen LogP contribution in [0.5, 0.6) is 5.88 Å². The van der Waals surface area contributed by atoms with Crippen LogP contribution in [0, 0.1) is 5.92 Å². The predicted molar refractivity (Wildman–Crippen MR) is 101 cm³/mol. The molecule has 2 aliphatic carbocycles. The highest BCUT2D eigenvalue weighted by molar-refractivity contribution is 5.92. The average molecular weight is 366 g/mol. The Morgan fingerprint density at radius 2 is 1.89 bits per heavy atom. The van der Waals surface area contributed by atoms with Crippen molar-refractivity contribution in [3.8, 4) is 5.88 Å². The van der Waals surface area contributed by atoms with Gasteiger partial charge in [-0.25, -0.2) is 15.0 Å². The standard InChI is InChI=1S/C21H26N4O2/c1-14-2-6-17(7-3-14)27-19-12-15(8-10-22-19)13-24-21(26)18-9-11-23-20(25-18)16-4-5-16/h8-12,14,16-17H,2-7,13H2,1H3,(H,24,26). The van der Waals surface area contributed by atoms with E-state index in [1.54, 1.807) is 18.5 Å². The van der Waals surface area contributed by atoms with Crippen molar-refractivity contribution < 1.29 is 9.53 Å². The predicted octanol–water partition coefficient (Wildman–Crippen LogP) is 3.64. The van der Waals surface area contributed by atoms with Gasteiger partial charge in [0.15, 0.2) is 0 Å². The van der Waals surface area contributed by atoms with E-state index >= 15 is 0 Å². The van der Waals surface area contributed by atoms with Crippen LogP contribution in [0.4, 0.5) is 0 Å². The molecule has 0 aliphatic heterocycles. The maximum absolute atomic E-state index is 12.4. The molecule has 142 valence electrons. The normalized spacial score (nSPS) is 22.3. The van der Waals surface area contributed by atoms with Gasteiger partial charge in [-0.3, -0.25) is 4.79 Å². The third-order valence-electron chi connectivity index (χ3n) is 5.35. The van der Waals surface area contributed by atoms with Crippen molar-refractivity contribution in [3.05, 3.63) is 47.7 Å². The molecule has 1 N–H and O–H groups in total. The third-order valence-corrected chi connectivity index (χ3v) is 5.35. The van der Waals surface area contributed by atoms with E-state index in [-0.39, 0.29) is 12.0 Å². The van der Waals surface area contributed by atoms with Gasteiger partial charge in [0.1, 0.15) is 17.6 Å². The van der Waals surface area contributed by atoms with Crippen molar-refractivity contribution in [2.75, 3.05) is 0 Å². The summed E-state index contributed by atoms with van der Waals surface area (Å²) in [4.78, 5) is 25.4. The lowest BCUT2D eigenvalue weighted by molar-refractivity contribution is 0.0945. The second-order valence-corrected chi connectivity index (χ2v) is 7.76. The molecule has 6 heteroatoms. The Morgan fingerprint density at radius 1 is 1.11 bits per heavy atom. The summed E-state index contributed by atoms with van der Waals surface area (Å²) in [7, 11) is 0. The molecule has 0 atom stereocenters. The van der Waals surface area contributed by atoms with Gasteiger partial charge in [-0.1, -0.05) is 6.92 Å². The summed E-state index contributed by atoms with van der Waals surface area (Å²) in [6, 6.07) is 5.46. The monoisotopic (exact) mass is 366 g/mol. The fourth-order valence-corrected chi connectivity index (χ4v) is 3.45. The van der Waals surface area contributed by atoms with E-state index in [1.807, 2.05) is 12.1 Å². The summed E-state index contributed by atoms with van der Waals surface area (Å²) in [6.07, 6.45) is 10.5. The molecule has 2 saturated carbocycles. The number of nitrogens with one attached hydrogen (secondary N) is 1. The van der Waals surface area contributed by atoms with Crippen LogP contribution in [0.25, 0.3) is 0 Å². The first-order chi connectivity index (χ1) is 13.2. The van der Waals surface area contributed by atoms with Crippen molar-refractivity contribution in [1.82, 2.24) is 20.3 Å². The first-order valence-corrected chi connectivity index (χ1v) is 9.90. The fourth-order valence-electron chi connectivity index (χ4n) is 3.45. The lowest BCUT2D eigenvalue weighted by atomic mass is 9.89. The van der Waals surface area contributed by atoms with E-state index in [0.717, 1.165) is 43.0 Å². The molecule has 2 aromatic heterocycles. The Morgan fingerprint density at radius 3 is 2.67 bits per heavy atom. The number of carbonyl (C=O) groups is 1. The van der Waals surface area contributed by atoms with E-state index in [1.165, 1.54) is 12.8 Å². The van der Waals surface area contributed by atoms with E-state index in [4.69, 9.17) is 4.74 Å². The number of hydrogen-bond donors (Lipinski definition) is 1. The Labute approximate surface area is 159 Å². The number of rotatable bonds is 6.